The van der Waals surface area contributed by atoms with E-state index >= 15 is 0 Å². The van der Waals surface area contributed by atoms with E-state index in [-0.39, 0.29) is 5.92 Å². The van der Waals surface area contributed by atoms with Gasteiger partial charge in [0.15, 0.2) is 0 Å². The zero-order valence-corrected chi connectivity index (χ0v) is 14.9. The summed E-state index contributed by atoms with van der Waals surface area (Å²) in [6.45, 7) is 4.57. The molecular weight excluding hydrogens is 338 g/mol. The molecule has 1 aromatic carbocycles. The van der Waals surface area contributed by atoms with Crippen molar-refractivity contribution in [3.63, 3.8) is 0 Å². The second-order valence-electron chi connectivity index (χ2n) is 6.69. The number of hydrogen-bond acceptors (Lipinski definition) is 4. The van der Waals surface area contributed by atoms with Crippen LogP contribution in [0, 0.1) is 5.92 Å². The third-order valence-corrected chi connectivity index (χ3v) is 5.42. The van der Waals surface area contributed by atoms with Gasteiger partial charge in [0, 0.05) is 54.4 Å². The average molecular weight is 360 g/mol. The van der Waals surface area contributed by atoms with Gasteiger partial charge >= 0.3 is 0 Å². The second-order valence-corrected chi connectivity index (χ2v) is 7.13. The molecular formula is C19H22ClN3O2. The molecule has 3 heterocycles. The Balaban J connectivity index is 1.46. The Morgan fingerprint density at radius 2 is 1.88 bits per heavy atom. The maximum Gasteiger partial charge on any atom is 0.225 e. The molecule has 2 aliphatic rings. The predicted octanol–water partition coefficient (Wildman–Crippen LogP) is 2.96. The van der Waals surface area contributed by atoms with Crippen molar-refractivity contribution in [1.29, 1.82) is 0 Å². The van der Waals surface area contributed by atoms with Gasteiger partial charge in [-0.2, -0.15) is 0 Å². The molecule has 0 atom stereocenters. The molecule has 5 nitrogen and oxygen atoms in total. The number of benzene rings is 1. The highest BCUT2D eigenvalue weighted by Gasteiger charge is 2.29. The molecule has 132 valence electrons. The topological polar surface area (TPSA) is 45.7 Å². The van der Waals surface area contributed by atoms with Crippen LogP contribution >= 0.6 is 11.6 Å². The number of fused-ring (bicyclic) bond motifs is 1. The summed E-state index contributed by atoms with van der Waals surface area (Å²) in [4.78, 5) is 21.4. The molecule has 25 heavy (non-hydrogen) atoms. The number of rotatable bonds is 2. The molecule has 6 heteroatoms. The molecule has 0 saturated carbocycles. The lowest BCUT2D eigenvalue weighted by Crippen LogP contribution is -2.46. The van der Waals surface area contributed by atoms with Crippen LogP contribution in [0.3, 0.4) is 0 Å². The van der Waals surface area contributed by atoms with E-state index in [1.165, 1.54) is 5.69 Å². The van der Waals surface area contributed by atoms with Gasteiger partial charge in [0.2, 0.25) is 5.91 Å². The summed E-state index contributed by atoms with van der Waals surface area (Å²) in [5.41, 5.74) is 2.09. The first-order valence-electron chi connectivity index (χ1n) is 8.88. The van der Waals surface area contributed by atoms with Crippen molar-refractivity contribution in [2.24, 2.45) is 5.92 Å². The first kappa shape index (κ1) is 16.6. The van der Waals surface area contributed by atoms with Crippen LogP contribution in [0.1, 0.15) is 12.8 Å². The number of ether oxygens (including phenoxy) is 1. The Kier molecular flexibility index (Phi) is 4.77. The minimum Gasteiger partial charge on any atom is -0.378 e. The highest BCUT2D eigenvalue weighted by molar-refractivity contribution is 6.31. The number of nitrogens with zero attached hydrogens (tertiary/aromatic N) is 3. The molecule has 2 fully saturated rings. The van der Waals surface area contributed by atoms with Crippen molar-refractivity contribution >= 4 is 34.1 Å². The Bertz CT molecular complexity index is 768. The van der Waals surface area contributed by atoms with Crippen LogP contribution in [0.2, 0.25) is 5.02 Å². The second kappa shape index (κ2) is 7.18. The Morgan fingerprint density at radius 1 is 1.12 bits per heavy atom. The molecule has 2 aliphatic heterocycles. The van der Waals surface area contributed by atoms with E-state index < -0.39 is 0 Å². The molecule has 0 bridgehead atoms. The van der Waals surface area contributed by atoms with Crippen LogP contribution in [0.4, 0.5) is 5.69 Å². The number of pyridine rings is 1. The minimum atomic E-state index is 0.136. The summed E-state index contributed by atoms with van der Waals surface area (Å²) in [5, 5.41) is 1.82. The normalized spacial score (nSPS) is 19.4. The van der Waals surface area contributed by atoms with Crippen LogP contribution in [0.25, 0.3) is 10.9 Å². The summed E-state index contributed by atoms with van der Waals surface area (Å²) >= 11 is 6.08. The summed E-state index contributed by atoms with van der Waals surface area (Å²) < 4.78 is 5.34. The zero-order chi connectivity index (χ0) is 17.2. The van der Waals surface area contributed by atoms with Gasteiger partial charge in [0.25, 0.3) is 0 Å². The van der Waals surface area contributed by atoms with E-state index in [0.717, 1.165) is 49.9 Å². The molecule has 0 unspecified atom stereocenters. The quantitative estimate of drug-likeness (QED) is 0.827. The van der Waals surface area contributed by atoms with E-state index in [4.69, 9.17) is 16.3 Å². The molecule has 0 aliphatic carbocycles. The minimum absolute atomic E-state index is 0.136. The van der Waals surface area contributed by atoms with E-state index in [0.29, 0.717) is 24.1 Å². The SMILES string of the molecule is O=C(C1CCN(c2ccnc3cc(Cl)ccc23)CC1)N1CCOCC1. The van der Waals surface area contributed by atoms with E-state index in [9.17, 15) is 4.79 Å². The third-order valence-electron chi connectivity index (χ3n) is 5.19. The lowest BCUT2D eigenvalue weighted by molar-refractivity contribution is -0.140. The molecule has 2 saturated heterocycles. The van der Waals surface area contributed by atoms with Crippen molar-refractivity contribution in [3.05, 3.63) is 35.5 Å². The van der Waals surface area contributed by atoms with Gasteiger partial charge in [0.1, 0.15) is 0 Å². The van der Waals surface area contributed by atoms with Gasteiger partial charge in [-0.1, -0.05) is 11.6 Å². The first-order valence-corrected chi connectivity index (χ1v) is 9.26. The summed E-state index contributed by atoms with van der Waals surface area (Å²) in [6.07, 6.45) is 3.63. The fraction of sp³-hybridized carbons (Fsp3) is 0.474. The van der Waals surface area contributed by atoms with Gasteiger partial charge in [-0.25, -0.2) is 0 Å². The van der Waals surface area contributed by atoms with Crippen LogP contribution in [0.15, 0.2) is 30.5 Å². The van der Waals surface area contributed by atoms with Crippen LogP contribution < -0.4 is 4.90 Å². The van der Waals surface area contributed by atoms with Crippen molar-refractivity contribution in [1.82, 2.24) is 9.88 Å². The molecule has 0 spiro atoms. The fourth-order valence-electron chi connectivity index (χ4n) is 3.79. The van der Waals surface area contributed by atoms with Crippen LogP contribution in [-0.2, 0) is 9.53 Å². The van der Waals surface area contributed by atoms with E-state index in [1.807, 2.05) is 29.3 Å². The number of carbonyl (C=O) groups is 1. The van der Waals surface area contributed by atoms with Crippen molar-refractivity contribution < 1.29 is 9.53 Å². The summed E-state index contributed by atoms with van der Waals surface area (Å²) in [7, 11) is 0. The van der Waals surface area contributed by atoms with E-state index in [1.54, 1.807) is 0 Å². The Labute approximate surface area is 152 Å². The summed E-state index contributed by atoms with van der Waals surface area (Å²) in [5.74, 6) is 0.436. The smallest absolute Gasteiger partial charge is 0.225 e. The van der Waals surface area contributed by atoms with Gasteiger partial charge < -0.3 is 14.5 Å². The standard InChI is InChI=1S/C19H22ClN3O2/c20-15-1-2-16-17(13-15)21-6-3-18(16)22-7-4-14(5-8-22)19(24)23-9-11-25-12-10-23/h1-3,6,13-14H,4-5,7-12H2. The van der Waals surface area contributed by atoms with Crippen LogP contribution in [-0.4, -0.2) is 55.2 Å². The number of anilines is 1. The molecule has 0 radical (unpaired) electrons. The van der Waals surface area contributed by atoms with Gasteiger partial charge in [-0.15, -0.1) is 0 Å². The highest BCUT2D eigenvalue weighted by atomic mass is 35.5. The fourth-order valence-corrected chi connectivity index (χ4v) is 3.96. The lowest BCUT2D eigenvalue weighted by atomic mass is 9.94. The molecule has 1 amide bonds. The summed E-state index contributed by atoms with van der Waals surface area (Å²) in [6, 6.07) is 7.89. The number of hydrogen-bond donors (Lipinski definition) is 0. The number of halogens is 1. The number of piperidine rings is 1. The van der Waals surface area contributed by atoms with Crippen LogP contribution in [0.5, 0.6) is 0 Å². The predicted molar refractivity (Wildman–Crippen MR) is 99.1 cm³/mol. The van der Waals surface area contributed by atoms with E-state index in [2.05, 4.69) is 16.0 Å². The largest absolute Gasteiger partial charge is 0.378 e. The third kappa shape index (κ3) is 3.44. The zero-order valence-electron chi connectivity index (χ0n) is 14.2. The number of amides is 1. The van der Waals surface area contributed by atoms with Gasteiger partial charge in [-0.05, 0) is 37.1 Å². The highest BCUT2D eigenvalue weighted by Crippen LogP contribution is 2.31. The van der Waals surface area contributed by atoms with Gasteiger partial charge in [-0.3, -0.25) is 9.78 Å². The maximum absolute atomic E-state index is 12.7. The number of carbonyl (C=O) groups excluding carboxylic acids is 1. The molecule has 0 N–H and O–H groups in total. The number of aromatic nitrogens is 1. The maximum atomic E-state index is 12.7. The molecule has 4 rings (SSSR count). The van der Waals surface area contributed by atoms with Crippen molar-refractivity contribution in [2.45, 2.75) is 12.8 Å². The number of morpholine rings is 1. The Hall–Kier alpha value is -1.85. The lowest BCUT2D eigenvalue weighted by Gasteiger charge is -2.36. The molecule has 2 aromatic rings. The monoisotopic (exact) mass is 359 g/mol. The first-order chi connectivity index (χ1) is 12.2. The van der Waals surface area contributed by atoms with Crippen molar-refractivity contribution in [3.8, 4) is 0 Å². The average Bonchev–Trinajstić information content (AvgIpc) is 2.67. The van der Waals surface area contributed by atoms with Crippen molar-refractivity contribution in [2.75, 3.05) is 44.3 Å². The molecule has 1 aromatic heterocycles. The van der Waals surface area contributed by atoms with Gasteiger partial charge in [0.05, 0.1) is 18.7 Å². The Morgan fingerprint density at radius 3 is 2.64 bits per heavy atom.